The van der Waals surface area contributed by atoms with Crippen LogP contribution in [0.25, 0.3) is 0 Å². The summed E-state index contributed by atoms with van der Waals surface area (Å²) in [4.78, 5) is 0. The van der Waals surface area contributed by atoms with E-state index in [1.165, 1.54) is 25.5 Å². The van der Waals surface area contributed by atoms with Crippen LogP contribution in [0.4, 0.5) is 4.39 Å². The first-order valence-corrected chi connectivity index (χ1v) is 5.54. The minimum absolute atomic E-state index is 0.252. The molecule has 0 saturated carbocycles. The van der Waals surface area contributed by atoms with Crippen molar-refractivity contribution in [2.75, 3.05) is 13.7 Å². The summed E-state index contributed by atoms with van der Waals surface area (Å²) in [6.45, 7) is 0.654. The molecule has 0 fully saturated rings. The highest BCUT2D eigenvalue weighted by Crippen LogP contribution is 2.30. The van der Waals surface area contributed by atoms with Gasteiger partial charge in [-0.25, -0.2) is 4.39 Å². The largest absolute Gasteiger partial charge is 0.501 e. The molecule has 1 aromatic rings. The third-order valence-electron chi connectivity index (χ3n) is 2.82. The van der Waals surface area contributed by atoms with E-state index in [1.54, 1.807) is 6.07 Å². The quantitative estimate of drug-likeness (QED) is 0.879. The maximum absolute atomic E-state index is 13.7. The van der Waals surface area contributed by atoms with Crippen LogP contribution in [-0.4, -0.2) is 18.8 Å². The van der Waals surface area contributed by atoms with Crippen LogP contribution in [0.5, 0.6) is 5.75 Å². The molecule has 0 radical (unpaired) electrons. The van der Waals surface area contributed by atoms with Gasteiger partial charge in [-0.3, -0.25) is 0 Å². The molecule has 0 spiro atoms. The van der Waals surface area contributed by atoms with E-state index in [2.05, 4.69) is 0 Å². The monoisotopic (exact) mass is 238 g/mol. The van der Waals surface area contributed by atoms with Gasteiger partial charge in [0.2, 0.25) is 0 Å². The Bertz CT molecular complexity index is 429. The summed E-state index contributed by atoms with van der Waals surface area (Å²) in [5.74, 6) is -0.0318. The molecule has 0 bridgehead atoms. The molecule has 4 heteroatoms. The Morgan fingerprint density at radius 2 is 2.29 bits per heavy atom. The lowest BCUT2D eigenvalue weighted by atomic mass is 9.97. The first-order valence-electron chi connectivity index (χ1n) is 5.54. The van der Waals surface area contributed by atoms with Crippen molar-refractivity contribution in [1.82, 2.24) is 0 Å². The van der Waals surface area contributed by atoms with Crippen molar-refractivity contribution in [1.29, 1.82) is 0 Å². The Morgan fingerprint density at radius 3 is 2.88 bits per heavy atom. The van der Waals surface area contributed by atoms with E-state index in [0.717, 1.165) is 12.8 Å². The first kappa shape index (κ1) is 11.9. The van der Waals surface area contributed by atoms with E-state index in [0.29, 0.717) is 17.9 Å². The van der Waals surface area contributed by atoms with E-state index in [-0.39, 0.29) is 5.56 Å². The van der Waals surface area contributed by atoms with E-state index in [4.69, 9.17) is 9.47 Å². The lowest BCUT2D eigenvalue weighted by molar-refractivity contribution is 0.167. The number of halogens is 1. The molecule has 1 heterocycles. The molecule has 0 aliphatic carbocycles. The Hall–Kier alpha value is -1.55. The lowest BCUT2D eigenvalue weighted by Crippen LogP contribution is -2.09. The average Bonchev–Trinajstić information content (AvgIpc) is 2.39. The molecule has 1 N–H and O–H groups in total. The van der Waals surface area contributed by atoms with Crippen LogP contribution in [0.15, 0.2) is 30.0 Å². The second-order valence-electron chi connectivity index (χ2n) is 3.96. The fourth-order valence-electron chi connectivity index (χ4n) is 1.84. The van der Waals surface area contributed by atoms with Crippen molar-refractivity contribution in [2.45, 2.75) is 18.9 Å². The highest BCUT2D eigenvalue weighted by atomic mass is 19.1. The van der Waals surface area contributed by atoms with E-state index < -0.39 is 11.9 Å². The first-order chi connectivity index (χ1) is 8.22. The molecule has 1 aromatic carbocycles. The summed E-state index contributed by atoms with van der Waals surface area (Å²) in [7, 11) is 1.47. The van der Waals surface area contributed by atoms with Crippen LogP contribution in [0, 0.1) is 5.82 Å². The number of aliphatic hydroxyl groups excluding tert-OH is 1. The van der Waals surface area contributed by atoms with Gasteiger partial charge in [0, 0.05) is 11.6 Å². The van der Waals surface area contributed by atoms with Gasteiger partial charge in [0.05, 0.1) is 20.0 Å². The molecule has 1 unspecified atom stereocenters. The van der Waals surface area contributed by atoms with Gasteiger partial charge in [-0.15, -0.1) is 0 Å². The van der Waals surface area contributed by atoms with Gasteiger partial charge >= 0.3 is 0 Å². The third kappa shape index (κ3) is 2.58. The van der Waals surface area contributed by atoms with Crippen LogP contribution in [-0.2, 0) is 4.74 Å². The molecule has 0 saturated heterocycles. The van der Waals surface area contributed by atoms with Gasteiger partial charge in [0.1, 0.15) is 17.7 Å². The van der Waals surface area contributed by atoms with E-state index >= 15 is 0 Å². The minimum Gasteiger partial charge on any atom is -0.501 e. The fraction of sp³-hybridized carbons (Fsp3) is 0.385. The number of ether oxygens (including phenoxy) is 2. The number of hydrogen-bond acceptors (Lipinski definition) is 3. The Labute approximate surface area is 99.5 Å². The zero-order valence-corrected chi connectivity index (χ0v) is 9.65. The maximum atomic E-state index is 13.7. The van der Waals surface area contributed by atoms with Crippen LogP contribution >= 0.6 is 0 Å². The molecule has 1 atom stereocenters. The number of aliphatic hydroxyl groups is 1. The normalized spacial score (nSPS) is 17.0. The molecule has 2 rings (SSSR count). The zero-order chi connectivity index (χ0) is 12.3. The van der Waals surface area contributed by atoms with E-state index in [9.17, 15) is 9.50 Å². The highest BCUT2D eigenvalue weighted by Gasteiger charge is 2.19. The SMILES string of the molecule is COc1ccc(C(O)C2=COCCC2)c(F)c1. The third-order valence-corrected chi connectivity index (χ3v) is 2.82. The summed E-state index contributed by atoms with van der Waals surface area (Å²) in [5, 5.41) is 10.1. The van der Waals surface area contributed by atoms with Crippen molar-refractivity contribution < 1.29 is 19.0 Å². The average molecular weight is 238 g/mol. The smallest absolute Gasteiger partial charge is 0.133 e. The molecular formula is C13H15FO3. The summed E-state index contributed by atoms with van der Waals surface area (Å²) in [5.41, 5.74) is 0.961. The molecule has 1 aliphatic rings. The molecule has 17 heavy (non-hydrogen) atoms. The topological polar surface area (TPSA) is 38.7 Å². The molecule has 0 aromatic heterocycles. The molecule has 0 amide bonds. The zero-order valence-electron chi connectivity index (χ0n) is 9.65. The van der Waals surface area contributed by atoms with Gasteiger partial charge in [0.15, 0.2) is 0 Å². The predicted octanol–water partition coefficient (Wildman–Crippen LogP) is 2.56. The van der Waals surface area contributed by atoms with Crippen molar-refractivity contribution in [3.05, 3.63) is 41.4 Å². The summed E-state index contributed by atoms with van der Waals surface area (Å²) < 4.78 is 23.8. The minimum atomic E-state index is -0.943. The van der Waals surface area contributed by atoms with Gasteiger partial charge < -0.3 is 14.6 Å². The summed E-state index contributed by atoms with van der Waals surface area (Å²) in [6, 6.07) is 4.43. The van der Waals surface area contributed by atoms with Crippen LogP contribution in [0.3, 0.4) is 0 Å². The van der Waals surface area contributed by atoms with Crippen LogP contribution in [0.1, 0.15) is 24.5 Å². The van der Waals surface area contributed by atoms with Crippen molar-refractivity contribution >= 4 is 0 Å². The van der Waals surface area contributed by atoms with Gasteiger partial charge in [0.25, 0.3) is 0 Å². The van der Waals surface area contributed by atoms with Crippen LogP contribution < -0.4 is 4.74 Å². The Kier molecular flexibility index (Phi) is 3.64. The number of hydrogen-bond donors (Lipinski definition) is 1. The van der Waals surface area contributed by atoms with Crippen molar-refractivity contribution in [3.63, 3.8) is 0 Å². The van der Waals surface area contributed by atoms with Gasteiger partial charge in [-0.2, -0.15) is 0 Å². The van der Waals surface area contributed by atoms with Crippen LogP contribution in [0.2, 0.25) is 0 Å². The fourth-order valence-corrected chi connectivity index (χ4v) is 1.84. The Balaban J connectivity index is 2.24. The predicted molar refractivity (Wildman–Crippen MR) is 61.2 cm³/mol. The van der Waals surface area contributed by atoms with E-state index in [1.807, 2.05) is 0 Å². The van der Waals surface area contributed by atoms with Gasteiger partial charge in [-0.05, 0) is 30.5 Å². The molecule has 92 valence electrons. The standard InChI is InChI=1S/C13H15FO3/c1-16-10-4-5-11(12(14)7-10)13(15)9-3-2-6-17-8-9/h4-5,7-8,13,15H,2-3,6H2,1H3. The number of benzene rings is 1. The molecular weight excluding hydrogens is 223 g/mol. The number of rotatable bonds is 3. The van der Waals surface area contributed by atoms with Crippen molar-refractivity contribution in [3.8, 4) is 5.75 Å². The molecule has 3 nitrogen and oxygen atoms in total. The second kappa shape index (κ2) is 5.19. The summed E-state index contributed by atoms with van der Waals surface area (Å²) >= 11 is 0. The lowest BCUT2D eigenvalue weighted by Gasteiger charge is -2.19. The maximum Gasteiger partial charge on any atom is 0.133 e. The Morgan fingerprint density at radius 1 is 1.47 bits per heavy atom. The summed E-state index contributed by atoms with van der Waals surface area (Å²) in [6.07, 6.45) is 2.16. The molecule has 1 aliphatic heterocycles. The van der Waals surface area contributed by atoms with Gasteiger partial charge in [-0.1, -0.05) is 0 Å². The highest BCUT2D eigenvalue weighted by molar-refractivity contribution is 5.33. The second-order valence-corrected chi connectivity index (χ2v) is 3.96. The number of methoxy groups -OCH3 is 1. The van der Waals surface area contributed by atoms with Crippen molar-refractivity contribution in [2.24, 2.45) is 0 Å².